The first kappa shape index (κ1) is 10.4. The monoisotopic (exact) mass is 158 g/mol. The van der Waals surface area contributed by atoms with E-state index in [9.17, 15) is 4.79 Å². The predicted octanol–water partition coefficient (Wildman–Crippen LogP) is 0.594. The van der Waals surface area contributed by atoms with Crippen LogP contribution >= 0.6 is 0 Å². The number of carbonyl (C=O) groups is 1. The lowest BCUT2D eigenvalue weighted by Crippen LogP contribution is -2.37. The van der Waals surface area contributed by atoms with Crippen molar-refractivity contribution in [3.05, 3.63) is 0 Å². The molecule has 0 spiro atoms. The number of hydrogen-bond acceptors (Lipinski definition) is 2. The maximum atomic E-state index is 11.1. The van der Waals surface area contributed by atoms with Gasteiger partial charge in [0.15, 0.2) is 0 Å². The molecule has 2 N–H and O–H groups in total. The average molecular weight is 158 g/mol. The Labute approximate surface area is 68.6 Å². The molecule has 3 heteroatoms. The third kappa shape index (κ3) is 3.98. The zero-order valence-corrected chi connectivity index (χ0v) is 7.47. The van der Waals surface area contributed by atoms with Crippen molar-refractivity contribution in [2.45, 2.75) is 26.7 Å². The minimum absolute atomic E-state index is 0.0636. The number of amides is 1. The quantitative estimate of drug-likeness (QED) is 0.636. The average Bonchev–Trinajstić information content (AvgIpc) is 2.03. The largest absolute Gasteiger partial charge is 0.342 e. The second-order valence-corrected chi connectivity index (χ2v) is 2.58. The molecule has 11 heavy (non-hydrogen) atoms. The van der Waals surface area contributed by atoms with Gasteiger partial charge in [-0.3, -0.25) is 4.79 Å². The van der Waals surface area contributed by atoms with E-state index in [4.69, 9.17) is 5.73 Å². The van der Waals surface area contributed by atoms with Crippen molar-refractivity contribution in [2.24, 2.45) is 5.73 Å². The maximum absolute atomic E-state index is 11.1. The number of nitrogens with two attached hydrogens (primary N) is 1. The Balaban J connectivity index is 3.76. The van der Waals surface area contributed by atoms with Crippen LogP contribution < -0.4 is 5.73 Å². The minimum atomic E-state index is 0.0636. The van der Waals surface area contributed by atoms with Gasteiger partial charge in [0.05, 0.1) is 6.54 Å². The molecule has 1 amide bonds. The van der Waals surface area contributed by atoms with Gasteiger partial charge in [-0.15, -0.1) is 0 Å². The van der Waals surface area contributed by atoms with Crippen LogP contribution in [-0.2, 0) is 4.79 Å². The lowest BCUT2D eigenvalue weighted by molar-refractivity contribution is -0.129. The first-order chi connectivity index (χ1) is 5.26. The van der Waals surface area contributed by atoms with Crippen LogP contribution in [0.2, 0.25) is 0 Å². The SMILES string of the molecule is CCCN(CCC)C(=O)CN. The van der Waals surface area contributed by atoms with Crippen LogP contribution in [0.25, 0.3) is 0 Å². The fraction of sp³-hybridized carbons (Fsp3) is 0.875. The van der Waals surface area contributed by atoms with Gasteiger partial charge in [0.2, 0.25) is 5.91 Å². The lowest BCUT2D eigenvalue weighted by atomic mass is 10.3. The Morgan fingerprint density at radius 1 is 1.27 bits per heavy atom. The van der Waals surface area contributed by atoms with Crippen molar-refractivity contribution >= 4 is 5.91 Å². The van der Waals surface area contributed by atoms with Crippen LogP contribution in [0.1, 0.15) is 26.7 Å². The molecule has 0 atom stereocenters. The maximum Gasteiger partial charge on any atom is 0.236 e. The summed E-state index contributed by atoms with van der Waals surface area (Å²) in [6, 6.07) is 0. The van der Waals surface area contributed by atoms with E-state index in [2.05, 4.69) is 13.8 Å². The molecule has 0 heterocycles. The van der Waals surface area contributed by atoms with Crippen molar-refractivity contribution < 1.29 is 4.79 Å². The lowest BCUT2D eigenvalue weighted by Gasteiger charge is -2.20. The molecule has 0 aliphatic heterocycles. The number of rotatable bonds is 5. The van der Waals surface area contributed by atoms with Crippen LogP contribution in [-0.4, -0.2) is 30.4 Å². The normalized spacial score (nSPS) is 9.73. The topological polar surface area (TPSA) is 46.3 Å². The fourth-order valence-electron chi connectivity index (χ4n) is 1.03. The van der Waals surface area contributed by atoms with Crippen LogP contribution in [0.4, 0.5) is 0 Å². The van der Waals surface area contributed by atoms with Crippen molar-refractivity contribution in [1.29, 1.82) is 0 Å². The van der Waals surface area contributed by atoms with Gasteiger partial charge in [0.25, 0.3) is 0 Å². The summed E-state index contributed by atoms with van der Waals surface area (Å²) in [4.78, 5) is 12.9. The molecule has 0 radical (unpaired) electrons. The van der Waals surface area contributed by atoms with Gasteiger partial charge < -0.3 is 10.6 Å². The second-order valence-electron chi connectivity index (χ2n) is 2.58. The van der Waals surface area contributed by atoms with Gasteiger partial charge in [0, 0.05) is 13.1 Å². The molecule has 0 aromatic heterocycles. The molecule has 3 nitrogen and oxygen atoms in total. The summed E-state index contributed by atoms with van der Waals surface area (Å²) in [6.07, 6.45) is 2.01. The molecule has 0 saturated carbocycles. The Bertz CT molecular complexity index is 109. The number of nitrogens with zero attached hydrogens (tertiary/aromatic N) is 1. The van der Waals surface area contributed by atoms with Gasteiger partial charge in [-0.2, -0.15) is 0 Å². The molecule has 0 aliphatic carbocycles. The van der Waals surface area contributed by atoms with Crippen molar-refractivity contribution in [3.63, 3.8) is 0 Å². The molecule has 0 aromatic rings. The number of hydrogen-bond donors (Lipinski definition) is 1. The zero-order chi connectivity index (χ0) is 8.69. The fourth-order valence-corrected chi connectivity index (χ4v) is 1.03. The third-order valence-electron chi connectivity index (χ3n) is 1.51. The van der Waals surface area contributed by atoms with Gasteiger partial charge in [0.1, 0.15) is 0 Å². The molecule has 0 saturated heterocycles. The van der Waals surface area contributed by atoms with Gasteiger partial charge in [-0.05, 0) is 12.8 Å². The van der Waals surface area contributed by atoms with Crippen LogP contribution in [0.5, 0.6) is 0 Å². The van der Waals surface area contributed by atoms with E-state index >= 15 is 0 Å². The van der Waals surface area contributed by atoms with Gasteiger partial charge >= 0.3 is 0 Å². The highest BCUT2D eigenvalue weighted by atomic mass is 16.2. The standard InChI is InChI=1S/C8H18N2O/c1-3-5-10(6-4-2)8(11)7-9/h3-7,9H2,1-2H3. The highest BCUT2D eigenvalue weighted by Crippen LogP contribution is 1.93. The third-order valence-corrected chi connectivity index (χ3v) is 1.51. The first-order valence-electron chi connectivity index (χ1n) is 4.24. The first-order valence-corrected chi connectivity index (χ1v) is 4.24. The molecule has 0 fully saturated rings. The summed E-state index contributed by atoms with van der Waals surface area (Å²) in [7, 11) is 0. The Kier molecular flexibility index (Phi) is 5.84. The molecular weight excluding hydrogens is 140 g/mol. The second kappa shape index (κ2) is 6.16. The molecule has 0 aliphatic rings. The van der Waals surface area contributed by atoms with E-state index in [1.54, 1.807) is 0 Å². The van der Waals surface area contributed by atoms with E-state index in [0.29, 0.717) is 0 Å². The summed E-state index contributed by atoms with van der Waals surface area (Å²) in [6.45, 7) is 5.94. The van der Waals surface area contributed by atoms with E-state index in [1.807, 2.05) is 4.90 Å². The Morgan fingerprint density at radius 3 is 2.00 bits per heavy atom. The van der Waals surface area contributed by atoms with Crippen LogP contribution in [0.15, 0.2) is 0 Å². The van der Waals surface area contributed by atoms with E-state index in [0.717, 1.165) is 25.9 Å². The van der Waals surface area contributed by atoms with Crippen LogP contribution in [0.3, 0.4) is 0 Å². The number of carbonyl (C=O) groups excluding carboxylic acids is 1. The highest BCUT2D eigenvalue weighted by Gasteiger charge is 2.07. The Morgan fingerprint density at radius 2 is 1.73 bits per heavy atom. The summed E-state index contributed by atoms with van der Waals surface area (Å²) < 4.78 is 0. The van der Waals surface area contributed by atoms with Crippen molar-refractivity contribution in [1.82, 2.24) is 4.90 Å². The van der Waals surface area contributed by atoms with E-state index < -0.39 is 0 Å². The zero-order valence-electron chi connectivity index (χ0n) is 7.47. The predicted molar refractivity (Wildman–Crippen MR) is 46.2 cm³/mol. The molecule has 0 bridgehead atoms. The summed E-state index contributed by atoms with van der Waals surface area (Å²) >= 11 is 0. The van der Waals surface area contributed by atoms with E-state index in [-0.39, 0.29) is 12.5 Å². The van der Waals surface area contributed by atoms with Crippen molar-refractivity contribution in [2.75, 3.05) is 19.6 Å². The van der Waals surface area contributed by atoms with E-state index in [1.165, 1.54) is 0 Å². The molecular formula is C8H18N2O. The minimum Gasteiger partial charge on any atom is -0.342 e. The van der Waals surface area contributed by atoms with Gasteiger partial charge in [-0.25, -0.2) is 0 Å². The van der Waals surface area contributed by atoms with Crippen molar-refractivity contribution in [3.8, 4) is 0 Å². The smallest absolute Gasteiger partial charge is 0.236 e. The Hall–Kier alpha value is -0.570. The molecule has 0 unspecified atom stereocenters. The van der Waals surface area contributed by atoms with Gasteiger partial charge in [-0.1, -0.05) is 13.8 Å². The molecule has 0 aromatic carbocycles. The van der Waals surface area contributed by atoms with Crippen LogP contribution in [0, 0.1) is 0 Å². The highest BCUT2D eigenvalue weighted by molar-refractivity contribution is 5.77. The summed E-state index contributed by atoms with van der Waals surface area (Å²) in [5.41, 5.74) is 5.24. The summed E-state index contributed by atoms with van der Waals surface area (Å²) in [5.74, 6) is 0.0636. The molecule has 0 rings (SSSR count). The summed E-state index contributed by atoms with van der Waals surface area (Å²) in [5, 5.41) is 0. The molecule has 66 valence electrons.